The lowest BCUT2D eigenvalue weighted by molar-refractivity contribution is -0.116. The van der Waals surface area contributed by atoms with Crippen molar-refractivity contribution >= 4 is 55.7 Å². The van der Waals surface area contributed by atoms with Crippen LogP contribution >= 0.6 is 34.4 Å². The van der Waals surface area contributed by atoms with Gasteiger partial charge in [0.15, 0.2) is 11.0 Å². The summed E-state index contributed by atoms with van der Waals surface area (Å²) in [5.41, 5.74) is 0.918. The third kappa shape index (κ3) is 3.50. The Morgan fingerprint density at radius 3 is 2.88 bits per heavy atom. The summed E-state index contributed by atoms with van der Waals surface area (Å²) >= 11 is 4.46. The van der Waals surface area contributed by atoms with E-state index in [1.165, 1.54) is 23.1 Å². The minimum absolute atomic E-state index is 0.000898. The van der Waals surface area contributed by atoms with Crippen molar-refractivity contribution in [2.24, 2.45) is 0 Å². The highest BCUT2D eigenvalue weighted by Gasteiger charge is 2.19. The van der Waals surface area contributed by atoms with Crippen molar-refractivity contribution in [3.8, 4) is 10.7 Å². The Morgan fingerprint density at radius 2 is 2.12 bits per heavy atom. The van der Waals surface area contributed by atoms with Gasteiger partial charge in [0.2, 0.25) is 11.1 Å². The summed E-state index contributed by atoms with van der Waals surface area (Å²) in [6.45, 7) is 2.53. The molecule has 0 spiro atoms. The van der Waals surface area contributed by atoms with E-state index in [1.807, 2.05) is 48.7 Å². The number of amides is 1. The Bertz CT molecular complexity index is 991. The summed E-state index contributed by atoms with van der Waals surface area (Å²) in [6.07, 6.45) is 0. The second-order valence-electron chi connectivity index (χ2n) is 5.33. The highest BCUT2D eigenvalue weighted by atomic mass is 32.2. The van der Waals surface area contributed by atoms with Crippen LogP contribution in [0.25, 0.3) is 20.9 Å². The molecule has 3 heterocycles. The highest BCUT2D eigenvalue weighted by Crippen LogP contribution is 2.29. The number of hydrogen-bond donors (Lipinski definition) is 1. The van der Waals surface area contributed by atoms with Gasteiger partial charge in [0.25, 0.3) is 0 Å². The lowest BCUT2D eigenvalue weighted by atomic mass is 10.3. The maximum absolute atomic E-state index is 12.7. The number of thioether (sulfide) groups is 1. The van der Waals surface area contributed by atoms with Gasteiger partial charge in [-0.2, -0.15) is 0 Å². The van der Waals surface area contributed by atoms with E-state index in [4.69, 9.17) is 0 Å². The smallest absolute Gasteiger partial charge is 0.239 e. The standard InChI is InChI=1S/C17H15N5OS3/c1-2-22(17-18-11-6-3-4-7-12(11)26-17)14(23)10-25-16-19-15(20-21-16)13-8-5-9-24-13/h3-9H,2,10H2,1H3,(H,19,20,21). The normalized spacial score (nSPS) is 11.1. The van der Waals surface area contributed by atoms with Crippen molar-refractivity contribution in [2.45, 2.75) is 12.1 Å². The molecule has 4 rings (SSSR count). The number of nitrogens with zero attached hydrogens (tertiary/aromatic N) is 4. The Morgan fingerprint density at radius 1 is 1.23 bits per heavy atom. The Balaban J connectivity index is 1.44. The van der Waals surface area contributed by atoms with Gasteiger partial charge in [-0.1, -0.05) is 41.3 Å². The quantitative estimate of drug-likeness (QED) is 0.488. The SMILES string of the molecule is CCN(C(=O)CSc1n[nH]c(-c2cccs2)n1)c1nc2ccccc2s1. The molecule has 26 heavy (non-hydrogen) atoms. The molecule has 1 amide bonds. The molecule has 0 aliphatic rings. The lowest BCUT2D eigenvalue weighted by Gasteiger charge is -2.16. The fourth-order valence-corrected chi connectivity index (χ4v) is 4.82. The predicted octanol–water partition coefficient (Wildman–Crippen LogP) is 4.29. The average Bonchev–Trinajstić information content (AvgIpc) is 3.39. The second-order valence-corrected chi connectivity index (χ2v) is 8.23. The van der Waals surface area contributed by atoms with Gasteiger partial charge in [0.05, 0.1) is 20.8 Å². The number of rotatable bonds is 6. The summed E-state index contributed by atoms with van der Waals surface area (Å²) < 4.78 is 1.08. The molecule has 0 saturated heterocycles. The molecule has 4 aromatic rings. The first-order valence-electron chi connectivity index (χ1n) is 7.99. The van der Waals surface area contributed by atoms with Crippen LogP contribution in [0.3, 0.4) is 0 Å². The van der Waals surface area contributed by atoms with E-state index in [9.17, 15) is 4.79 Å². The van der Waals surface area contributed by atoms with Crippen LogP contribution in [0.2, 0.25) is 0 Å². The second kappa shape index (κ2) is 7.56. The summed E-state index contributed by atoms with van der Waals surface area (Å²) in [6, 6.07) is 11.9. The molecule has 0 unspecified atom stereocenters. The highest BCUT2D eigenvalue weighted by molar-refractivity contribution is 7.99. The van der Waals surface area contributed by atoms with Gasteiger partial charge in [-0.3, -0.25) is 14.8 Å². The van der Waals surface area contributed by atoms with Gasteiger partial charge in [-0.05, 0) is 30.5 Å². The number of para-hydroxylation sites is 1. The Hall–Kier alpha value is -2.23. The van der Waals surface area contributed by atoms with Crippen LogP contribution in [-0.2, 0) is 4.79 Å². The fraction of sp³-hybridized carbons (Fsp3) is 0.176. The molecule has 6 nitrogen and oxygen atoms in total. The van der Waals surface area contributed by atoms with Gasteiger partial charge in [0.1, 0.15) is 0 Å². The minimum atomic E-state index is -0.000898. The first-order valence-corrected chi connectivity index (χ1v) is 10.7. The van der Waals surface area contributed by atoms with Crippen molar-refractivity contribution in [1.29, 1.82) is 0 Å². The first-order chi connectivity index (χ1) is 12.7. The van der Waals surface area contributed by atoms with Crippen molar-refractivity contribution in [3.63, 3.8) is 0 Å². The van der Waals surface area contributed by atoms with E-state index in [0.29, 0.717) is 11.7 Å². The molecule has 0 bridgehead atoms. The molecule has 3 aromatic heterocycles. The van der Waals surface area contributed by atoms with Crippen molar-refractivity contribution in [3.05, 3.63) is 41.8 Å². The molecule has 0 atom stereocenters. The first kappa shape index (κ1) is 17.2. The van der Waals surface area contributed by atoms with Crippen LogP contribution in [0, 0.1) is 0 Å². The number of aromatic amines is 1. The number of benzene rings is 1. The number of fused-ring (bicyclic) bond motifs is 1. The Labute approximate surface area is 162 Å². The van der Waals surface area contributed by atoms with E-state index >= 15 is 0 Å². The zero-order valence-corrected chi connectivity index (χ0v) is 16.3. The summed E-state index contributed by atoms with van der Waals surface area (Å²) in [7, 11) is 0. The van der Waals surface area contributed by atoms with Crippen LogP contribution in [0.5, 0.6) is 0 Å². The zero-order chi connectivity index (χ0) is 17.9. The largest absolute Gasteiger partial charge is 0.288 e. The number of carbonyl (C=O) groups is 1. The molecular formula is C17H15N5OS3. The number of carbonyl (C=O) groups excluding carboxylic acids is 1. The number of nitrogens with one attached hydrogen (secondary N) is 1. The van der Waals surface area contributed by atoms with Crippen molar-refractivity contribution in [2.75, 3.05) is 17.2 Å². The number of thiazole rings is 1. The molecule has 9 heteroatoms. The third-order valence-corrected chi connectivity index (χ3v) is 6.44. The van der Waals surface area contributed by atoms with Crippen LogP contribution in [0.4, 0.5) is 5.13 Å². The van der Waals surface area contributed by atoms with E-state index in [-0.39, 0.29) is 11.7 Å². The lowest BCUT2D eigenvalue weighted by Crippen LogP contribution is -2.32. The van der Waals surface area contributed by atoms with E-state index in [2.05, 4.69) is 20.2 Å². The van der Waals surface area contributed by atoms with Crippen LogP contribution in [0.1, 0.15) is 6.92 Å². The predicted molar refractivity (Wildman–Crippen MR) is 108 cm³/mol. The summed E-state index contributed by atoms with van der Waals surface area (Å²) in [5.74, 6) is 0.999. The summed E-state index contributed by atoms with van der Waals surface area (Å²) in [5, 5.41) is 10.4. The topological polar surface area (TPSA) is 74.8 Å². The number of H-pyrrole nitrogens is 1. The number of thiophene rings is 1. The maximum atomic E-state index is 12.7. The van der Waals surface area contributed by atoms with Gasteiger partial charge in [-0.15, -0.1) is 16.4 Å². The Kier molecular flexibility index (Phi) is 5.00. The van der Waals surface area contributed by atoms with E-state index < -0.39 is 0 Å². The van der Waals surface area contributed by atoms with Gasteiger partial charge in [-0.25, -0.2) is 9.97 Å². The zero-order valence-electron chi connectivity index (χ0n) is 13.9. The molecule has 0 fully saturated rings. The van der Waals surface area contributed by atoms with Gasteiger partial charge in [0, 0.05) is 6.54 Å². The van der Waals surface area contributed by atoms with Crippen LogP contribution < -0.4 is 4.90 Å². The monoisotopic (exact) mass is 401 g/mol. The molecule has 132 valence electrons. The number of anilines is 1. The molecule has 1 aromatic carbocycles. The van der Waals surface area contributed by atoms with Crippen molar-refractivity contribution < 1.29 is 4.79 Å². The maximum Gasteiger partial charge on any atom is 0.239 e. The molecule has 0 aliphatic heterocycles. The summed E-state index contributed by atoms with van der Waals surface area (Å²) in [4.78, 5) is 24.4. The molecular weight excluding hydrogens is 386 g/mol. The van der Waals surface area contributed by atoms with Crippen LogP contribution in [0.15, 0.2) is 46.9 Å². The van der Waals surface area contributed by atoms with E-state index in [1.54, 1.807) is 16.2 Å². The average molecular weight is 402 g/mol. The number of hydrogen-bond acceptors (Lipinski definition) is 7. The third-order valence-electron chi connectivity index (χ3n) is 3.67. The van der Waals surface area contributed by atoms with E-state index in [0.717, 1.165) is 26.0 Å². The number of aromatic nitrogens is 4. The fourth-order valence-electron chi connectivity index (χ4n) is 2.43. The molecule has 0 saturated carbocycles. The molecule has 0 radical (unpaired) electrons. The molecule has 0 aliphatic carbocycles. The molecule has 1 N–H and O–H groups in total. The van der Waals surface area contributed by atoms with Gasteiger partial charge < -0.3 is 0 Å². The van der Waals surface area contributed by atoms with Crippen molar-refractivity contribution in [1.82, 2.24) is 20.2 Å². The minimum Gasteiger partial charge on any atom is -0.288 e. The van der Waals surface area contributed by atoms with Gasteiger partial charge >= 0.3 is 0 Å². The van der Waals surface area contributed by atoms with Crippen LogP contribution in [-0.4, -0.2) is 38.4 Å².